The van der Waals surface area contributed by atoms with Crippen LogP contribution in [0.5, 0.6) is 0 Å². The van der Waals surface area contributed by atoms with Crippen molar-refractivity contribution in [1.29, 1.82) is 0 Å². The Bertz CT molecular complexity index is 494. The van der Waals surface area contributed by atoms with Crippen LogP contribution in [0.1, 0.15) is 11.4 Å². The molecule has 0 bridgehead atoms. The maximum Gasteiger partial charge on any atom is 0.184 e. The molecule has 0 radical (unpaired) electrons. The molecule has 6 heteroatoms. The number of benzene rings is 1. The zero-order chi connectivity index (χ0) is 11.5. The first-order valence-electron chi connectivity index (χ1n) is 4.87. The van der Waals surface area contributed by atoms with Gasteiger partial charge in [0.05, 0.1) is 12.8 Å². The summed E-state index contributed by atoms with van der Waals surface area (Å²) in [4.78, 5) is 2.52. The molecule has 0 unspecified atom stereocenters. The second-order valence-corrected chi connectivity index (χ2v) is 4.49. The van der Waals surface area contributed by atoms with Crippen LogP contribution in [0.4, 0.5) is 5.69 Å². The molecule has 1 aromatic heterocycles. The molecule has 16 heavy (non-hydrogen) atoms. The highest BCUT2D eigenvalue weighted by Crippen LogP contribution is 2.28. The number of thioether (sulfide) groups is 1. The lowest BCUT2D eigenvalue weighted by molar-refractivity contribution is 0.628. The van der Waals surface area contributed by atoms with Crippen molar-refractivity contribution < 1.29 is 0 Å². The molecule has 0 spiro atoms. The summed E-state index contributed by atoms with van der Waals surface area (Å²) in [6.07, 6.45) is 0. The summed E-state index contributed by atoms with van der Waals surface area (Å²) in [5.74, 6) is 1.40. The highest BCUT2D eigenvalue weighted by Gasteiger charge is 2.05. The van der Waals surface area contributed by atoms with Crippen LogP contribution in [-0.4, -0.2) is 20.2 Å². The minimum atomic E-state index is 0.682. The zero-order valence-electron chi connectivity index (χ0n) is 9.21. The predicted octanol–water partition coefficient (Wildman–Crippen LogP) is 1.39. The molecule has 2 N–H and O–H groups in total. The minimum absolute atomic E-state index is 0.682. The molecular weight excluding hydrogens is 222 g/mol. The number of rotatable bonds is 3. The standard InChI is InChI=1S/C10H13N5S/c1-7-4-3-5-8(10(7)11)16-6-9-12-14-15(2)13-9/h3-5H,6,11H2,1-2H3. The minimum Gasteiger partial charge on any atom is -0.398 e. The van der Waals surface area contributed by atoms with E-state index >= 15 is 0 Å². The first-order valence-corrected chi connectivity index (χ1v) is 5.86. The van der Waals surface area contributed by atoms with Gasteiger partial charge in [-0.25, -0.2) is 0 Å². The van der Waals surface area contributed by atoms with E-state index in [2.05, 4.69) is 15.4 Å². The topological polar surface area (TPSA) is 69.6 Å². The lowest BCUT2D eigenvalue weighted by atomic mass is 10.2. The molecule has 0 aliphatic rings. The normalized spacial score (nSPS) is 10.6. The molecule has 1 heterocycles. The number of anilines is 1. The molecule has 0 amide bonds. The third kappa shape index (κ3) is 2.33. The average Bonchev–Trinajstić information content (AvgIpc) is 2.67. The zero-order valence-corrected chi connectivity index (χ0v) is 10.0. The Hall–Kier alpha value is -1.56. The van der Waals surface area contributed by atoms with Crippen LogP contribution in [0.25, 0.3) is 0 Å². The van der Waals surface area contributed by atoms with Gasteiger partial charge in [0.25, 0.3) is 0 Å². The molecule has 0 fully saturated rings. The number of aromatic nitrogens is 4. The van der Waals surface area contributed by atoms with Gasteiger partial charge < -0.3 is 5.73 Å². The van der Waals surface area contributed by atoms with Gasteiger partial charge in [-0.05, 0) is 23.8 Å². The molecule has 0 aliphatic carbocycles. The number of nitrogens with zero attached hydrogens (tertiary/aromatic N) is 4. The molecule has 2 aromatic rings. The number of tetrazole rings is 1. The molecule has 0 saturated heterocycles. The van der Waals surface area contributed by atoms with E-state index in [4.69, 9.17) is 5.73 Å². The van der Waals surface area contributed by atoms with Crippen LogP contribution in [0.15, 0.2) is 23.1 Å². The number of nitrogen functional groups attached to an aromatic ring is 1. The van der Waals surface area contributed by atoms with E-state index in [-0.39, 0.29) is 0 Å². The van der Waals surface area contributed by atoms with Crippen LogP contribution < -0.4 is 5.73 Å². The third-order valence-corrected chi connectivity index (χ3v) is 3.26. The summed E-state index contributed by atoms with van der Waals surface area (Å²) in [5.41, 5.74) is 7.89. The summed E-state index contributed by atoms with van der Waals surface area (Å²) in [5, 5.41) is 11.8. The third-order valence-electron chi connectivity index (χ3n) is 2.19. The van der Waals surface area contributed by atoms with Crippen molar-refractivity contribution in [2.45, 2.75) is 17.6 Å². The number of hydrogen-bond donors (Lipinski definition) is 1. The van der Waals surface area contributed by atoms with Crippen LogP contribution in [0.3, 0.4) is 0 Å². The van der Waals surface area contributed by atoms with E-state index in [0.717, 1.165) is 16.1 Å². The largest absolute Gasteiger partial charge is 0.398 e. The van der Waals surface area contributed by atoms with Gasteiger partial charge in [-0.2, -0.15) is 4.80 Å². The van der Waals surface area contributed by atoms with Crippen molar-refractivity contribution in [3.8, 4) is 0 Å². The van der Waals surface area contributed by atoms with Crippen molar-refractivity contribution in [1.82, 2.24) is 20.2 Å². The van der Waals surface area contributed by atoms with Crippen LogP contribution >= 0.6 is 11.8 Å². The van der Waals surface area contributed by atoms with Crippen molar-refractivity contribution >= 4 is 17.4 Å². The van der Waals surface area contributed by atoms with Gasteiger partial charge in [0.15, 0.2) is 5.82 Å². The Balaban J connectivity index is 2.07. The average molecular weight is 235 g/mol. The maximum atomic E-state index is 5.97. The Kier molecular flexibility index (Phi) is 3.09. The molecular formula is C10H13N5S. The second kappa shape index (κ2) is 4.52. The SMILES string of the molecule is Cc1cccc(SCc2nnn(C)n2)c1N. The van der Waals surface area contributed by atoms with E-state index in [1.54, 1.807) is 18.8 Å². The second-order valence-electron chi connectivity index (χ2n) is 3.47. The quantitative estimate of drug-likeness (QED) is 0.643. The summed E-state index contributed by atoms with van der Waals surface area (Å²) in [6, 6.07) is 6.00. The van der Waals surface area contributed by atoms with Crippen LogP contribution in [-0.2, 0) is 12.8 Å². The molecule has 0 atom stereocenters. The molecule has 0 aliphatic heterocycles. The maximum absolute atomic E-state index is 5.97. The highest BCUT2D eigenvalue weighted by atomic mass is 32.2. The van der Waals surface area contributed by atoms with Gasteiger partial charge in [-0.15, -0.1) is 22.0 Å². The van der Waals surface area contributed by atoms with E-state index < -0.39 is 0 Å². The van der Waals surface area contributed by atoms with Crippen molar-refractivity contribution in [3.63, 3.8) is 0 Å². The van der Waals surface area contributed by atoms with Crippen molar-refractivity contribution in [3.05, 3.63) is 29.6 Å². The predicted molar refractivity (Wildman–Crippen MR) is 64.0 cm³/mol. The molecule has 1 aromatic carbocycles. The first-order chi connectivity index (χ1) is 7.66. The summed E-state index contributed by atoms with van der Waals surface area (Å²) < 4.78 is 0. The molecule has 84 valence electrons. The first kappa shape index (κ1) is 10.9. The van der Waals surface area contributed by atoms with E-state index in [0.29, 0.717) is 11.6 Å². The van der Waals surface area contributed by atoms with E-state index in [1.807, 2.05) is 25.1 Å². The smallest absolute Gasteiger partial charge is 0.184 e. The Labute approximate surface area is 98.0 Å². The lowest BCUT2D eigenvalue weighted by Gasteiger charge is -2.05. The summed E-state index contributed by atoms with van der Waals surface area (Å²) in [6.45, 7) is 2.00. The molecule has 5 nitrogen and oxygen atoms in total. The van der Waals surface area contributed by atoms with Crippen LogP contribution in [0.2, 0.25) is 0 Å². The van der Waals surface area contributed by atoms with Gasteiger partial charge in [0.2, 0.25) is 0 Å². The number of nitrogens with two attached hydrogens (primary N) is 1. The molecule has 2 rings (SSSR count). The molecule has 0 saturated carbocycles. The van der Waals surface area contributed by atoms with Crippen LogP contribution in [0, 0.1) is 6.92 Å². The highest BCUT2D eigenvalue weighted by molar-refractivity contribution is 7.98. The van der Waals surface area contributed by atoms with Gasteiger partial charge in [-0.1, -0.05) is 12.1 Å². The fourth-order valence-corrected chi connectivity index (χ4v) is 2.19. The Morgan fingerprint density at radius 1 is 1.44 bits per heavy atom. The number of aryl methyl sites for hydroxylation is 2. The lowest BCUT2D eigenvalue weighted by Crippen LogP contribution is -1.94. The number of para-hydroxylation sites is 1. The van der Waals surface area contributed by atoms with Gasteiger partial charge in [0.1, 0.15) is 0 Å². The summed E-state index contributed by atoms with van der Waals surface area (Å²) >= 11 is 1.62. The van der Waals surface area contributed by atoms with Crippen molar-refractivity contribution in [2.75, 3.05) is 5.73 Å². The van der Waals surface area contributed by atoms with Gasteiger partial charge >= 0.3 is 0 Å². The van der Waals surface area contributed by atoms with Gasteiger partial charge in [0, 0.05) is 10.6 Å². The monoisotopic (exact) mass is 235 g/mol. The fraction of sp³-hybridized carbons (Fsp3) is 0.300. The summed E-state index contributed by atoms with van der Waals surface area (Å²) in [7, 11) is 1.75. The Morgan fingerprint density at radius 2 is 2.25 bits per heavy atom. The fourth-order valence-electron chi connectivity index (χ4n) is 1.30. The van der Waals surface area contributed by atoms with E-state index in [1.165, 1.54) is 4.80 Å². The number of hydrogen-bond acceptors (Lipinski definition) is 5. The van der Waals surface area contributed by atoms with E-state index in [9.17, 15) is 0 Å². The van der Waals surface area contributed by atoms with Gasteiger partial charge in [-0.3, -0.25) is 0 Å². The Morgan fingerprint density at radius 3 is 2.94 bits per heavy atom. The van der Waals surface area contributed by atoms with Crippen molar-refractivity contribution in [2.24, 2.45) is 7.05 Å².